The van der Waals surface area contributed by atoms with Gasteiger partial charge < -0.3 is 9.47 Å². The number of carbonyl (C=O) groups excluding carboxylic acids is 2. The Hall–Kier alpha value is -1.91. The number of rotatable bonds is 3. The molecule has 0 bridgehead atoms. The van der Waals surface area contributed by atoms with Crippen molar-refractivity contribution in [3.8, 4) is 5.75 Å². The normalized spacial score (nSPS) is 9.69. The molecule has 0 fully saturated rings. The van der Waals surface area contributed by atoms with Gasteiger partial charge in [0.1, 0.15) is 6.61 Å². The van der Waals surface area contributed by atoms with Crippen molar-refractivity contribution in [2.24, 2.45) is 0 Å². The molecule has 5 heteroatoms. The summed E-state index contributed by atoms with van der Waals surface area (Å²) in [6, 6.07) is 1.71. The molecular formula is C11H13NO4. The number of hydrogen-bond acceptors (Lipinski definition) is 5. The first-order valence-corrected chi connectivity index (χ1v) is 4.76. The lowest BCUT2D eigenvalue weighted by molar-refractivity contribution is -0.142. The van der Waals surface area contributed by atoms with Gasteiger partial charge in [0, 0.05) is 13.8 Å². The number of esters is 2. The maximum atomic E-state index is 10.7. The van der Waals surface area contributed by atoms with Crippen LogP contribution in [0.4, 0.5) is 0 Å². The van der Waals surface area contributed by atoms with Crippen molar-refractivity contribution >= 4 is 11.9 Å². The van der Waals surface area contributed by atoms with Crippen molar-refractivity contribution in [1.82, 2.24) is 4.98 Å². The Bertz CT molecular complexity index is 414. The minimum Gasteiger partial charge on any atom is -0.459 e. The van der Waals surface area contributed by atoms with Gasteiger partial charge in [0.25, 0.3) is 0 Å². The number of hydrogen-bond donors (Lipinski definition) is 0. The molecule has 0 aromatic carbocycles. The van der Waals surface area contributed by atoms with E-state index in [9.17, 15) is 9.59 Å². The van der Waals surface area contributed by atoms with Gasteiger partial charge in [-0.15, -0.1) is 0 Å². The van der Waals surface area contributed by atoms with E-state index in [0.717, 1.165) is 5.56 Å². The third kappa shape index (κ3) is 3.68. The Kier molecular flexibility index (Phi) is 3.99. The first-order valence-electron chi connectivity index (χ1n) is 4.76. The summed E-state index contributed by atoms with van der Waals surface area (Å²) < 4.78 is 9.71. The van der Waals surface area contributed by atoms with Crippen LogP contribution in [-0.4, -0.2) is 16.9 Å². The zero-order chi connectivity index (χ0) is 12.1. The van der Waals surface area contributed by atoms with E-state index in [1.165, 1.54) is 20.0 Å². The zero-order valence-corrected chi connectivity index (χ0v) is 9.44. The highest BCUT2D eigenvalue weighted by molar-refractivity contribution is 5.69. The Morgan fingerprint density at radius 2 is 2.00 bits per heavy atom. The fourth-order valence-electron chi connectivity index (χ4n) is 1.12. The Morgan fingerprint density at radius 3 is 2.50 bits per heavy atom. The van der Waals surface area contributed by atoms with Crippen LogP contribution in [0.5, 0.6) is 5.75 Å². The molecule has 1 aromatic rings. The molecule has 5 nitrogen and oxygen atoms in total. The van der Waals surface area contributed by atoms with E-state index in [4.69, 9.17) is 9.47 Å². The van der Waals surface area contributed by atoms with Crippen LogP contribution in [0.25, 0.3) is 0 Å². The fraction of sp³-hybridized carbons (Fsp3) is 0.364. The van der Waals surface area contributed by atoms with Crippen LogP contribution in [-0.2, 0) is 20.9 Å². The van der Waals surface area contributed by atoms with E-state index in [1.54, 1.807) is 13.0 Å². The molecule has 0 saturated carbocycles. The Morgan fingerprint density at radius 1 is 1.31 bits per heavy atom. The number of aryl methyl sites for hydroxylation is 1. The van der Waals surface area contributed by atoms with E-state index < -0.39 is 5.97 Å². The molecule has 86 valence electrons. The van der Waals surface area contributed by atoms with Gasteiger partial charge in [-0.25, -0.2) is 0 Å². The first kappa shape index (κ1) is 12.2. The van der Waals surface area contributed by atoms with Gasteiger partial charge in [0.05, 0.1) is 11.9 Å². The number of ether oxygens (including phenoxy) is 2. The topological polar surface area (TPSA) is 65.5 Å². The Labute approximate surface area is 93.4 Å². The molecule has 0 aliphatic carbocycles. The highest BCUT2D eigenvalue weighted by Crippen LogP contribution is 2.17. The molecule has 0 aliphatic heterocycles. The summed E-state index contributed by atoms with van der Waals surface area (Å²) >= 11 is 0. The first-order chi connectivity index (χ1) is 7.49. The van der Waals surface area contributed by atoms with Gasteiger partial charge in [0.2, 0.25) is 0 Å². The summed E-state index contributed by atoms with van der Waals surface area (Å²) in [5, 5.41) is 0. The monoisotopic (exact) mass is 223 g/mol. The van der Waals surface area contributed by atoms with Crippen LogP contribution >= 0.6 is 0 Å². The van der Waals surface area contributed by atoms with E-state index in [1.807, 2.05) is 0 Å². The standard InChI is InChI=1S/C11H13NO4/c1-7-4-10(6-15-8(2)13)12-5-11(7)16-9(3)14/h4-5H,6H2,1-3H3. The van der Waals surface area contributed by atoms with Gasteiger partial charge in [-0.1, -0.05) is 0 Å². The Balaban J connectivity index is 2.74. The predicted molar refractivity (Wildman–Crippen MR) is 55.8 cm³/mol. The van der Waals surface area contributed by atoms with Gasteiger partial charge in [-0.05, 0) is 18.6 Å². The minimum atomic E-state index is -0.391. The predicted octanol–water partition coefficient (Wildman–Crippen LogP) is 1.38. The van der Waals surface area contributed by atoms with Crippen molar-refractivity contribution in [2.45, 2.75) is 27.4 Å². The van der Waals surface area contributed by atoms with Crippen molar-refractivity contribution in [2.75, 3.05) is 0 Å². The lowest BCUT2D eigenvalue weighted by Crippen LogP contribution is -2.05. The number of aromatic nitrogens is 1. The molecule has 0 radical (unpaired) electrons. The van der Waals surface area contributed by atoms with E-state index in [-0.39, 0.29) is 12.6 Å². The summed E-state index contributed by atoms with van der Waals surface area (Å²) in [4.78, 5) is 25.4. The maximum Gasteiger partial charge on any atom is 0.308 e. The molecule has 0 spiro atoms. The van der Waals surface area contributed by atoms with Crippen LogP contribution in [0.15, 0.2) is 12.3 Å². The SMILES string of the molecule is CC(=O)OCc1cc(C)c(OC(C)=O)cn1. The molecule has 16 heavy (non-hydrogen) atoms. The fourth-order valence-corrected chi connectivity index (χ4v) is 1.12. The third-order valence-corrected chi connectivity index (χ3v) is 1.80. The molecule has 0 atom stereocenters. The third-order valence-electron chi connectivity index (χ3n) is 1.80. The molecule has 1 aromatic heterocycles. The van der Waals surface area contributed by atoms with Gasteiger partial charge >= 0.3 is 11.9 Å². The van der Waals surface area contributed by atoms with E-state index in [0.29, 0.717) is 11.4 Å². The van der Waals surface area contributed by atoms with Crippen LogP contribution < -0.4 is 4.74 Å². The molecular weight excluding hydrogens is 210 g/mol. The van der Waals surface area contributed by atoms with Crippen LogP contribution in [0.2, 0.25) is 0 Å². The lowest BCUT2D eigenvalue weighted by Gasteiger charge is -2.07. The molecule has 0 unspecified atom stereocenters. The zero-order valence-electron chi connectivity index (χ0n) is 9.44. The summed E-state index contributed by atoms with van der Waals surface area (Å²) in [5.74, 6) is -0.333. The molecule has 1 heterocycles. The van der Waals surface area contributed by atoms with Gasteiger partial charge in [-0.3, -0.25) is 14.6 Å². The summed E-state index contributed by atoms with van der Waals surface area (Å²) in [6.07, 6.45) is 1.44. The largest absolute Gasteiger partial charge is 0.459 e. The maximum absolute atomic E-state index is 10.7. The second-order valence-corrected chi connectivity index (χ2v) is 3.32. The van der Waals surface area contributed by atoms with Crippen LogP contribution in [0.1, 0.15) is 25.1 Å². The molecule has 0 aliphatic rings. The van der Waals surface area contributed by atoms with Gasteiger partial charge in [0.15, 0.2) is 5.75 Å². The van der Waals surface area contributed by atoms with Crippen molar-refractivity contribution in [3.63, 3.8) is 0 Å². The smallest absolute Gasteiger partial charge is 0.308 e. The molecule has 0 N–H and O–H groups in total. The van der Waals surface area contributed by atoms with Crippen LogP contribution in [0, 0.1) is 6.92 Å². The van der Waals surface area contributed by atoms with E-state index in [2.05, 4.69) is 4.98 Å². The highest BCUT2D eigenvalue weighted by atomic mass is 16.5. The highest BCUT2D eigenvalue weighted by Gasteiger charge is 2.05. The summed E-state index contributed by atoms with van der Waals surface area (Å²) in [7, 11) is 0. The molecule has 1 rings (SSSR count). The van der Waals surface area contributed by atoms with Gasteiger partial charge in [-0.2, -0.15) is 0 Å². The quantitative estimate of drug-likeness (QED) is 0.724. The van der Waals surface area contributed by atoms with E-state index >= 15 is 0 Å². The summed E-state index contributed by atoms with van der Waals surface area (Å²) in [6.45, 7) is 4.57. The van der Waals surface area contributed by atoms with Crippen LogP contribution in [0.3, 0.4) is 0 Å². The number of carbonyl (C=O) groups is 2. The molecule has 0 amide bonds. The lowest BCUT2D eigenvalue weighted by atomic mass is 10.2. The van der Waals surface area contributed by atoms with Crippen molar-refractivity contribution in [3.05, 3.63) is 23.5 Å². The average Bonchev–Trinajstić information content (AvgIpc) is 2.18. The average molecular weight is 223 g/mol. The van der Waals surface area contributed by atoms with Crippen molar-refractivity contribution in [1.29, 1.82) is 0 Å². The minimum absolute atomic E-state index is 0.122. The number of pyridine rings is 1. The second-order valence-electron chi connectivity index (χ2n) is 3.32. The summed E-state index contributed by atoms with van der Waals surface area (Å²) in [5.41, 5.74) is 1.39. The molecule has 0 saturated heterocycles. The second kappa shape index (κ2) is 5.25. The van der Waals surface area contributed by atoms with Crippen molar-refractivity contribution < 1.29 is 19.1 Å². The number of nitrogens with zero attached hydrogens (tertiary/aromatic N) is 1.